The molecule has 0 spiro atoms. The van der Waals surface area contributed by atoms with Crippen LogP contribution in [-0.2, 0) is 18.7 Å². The Bertz CT molecular complexity index is 707. The van der Waals surface area contributed by atoms with Gasteiger partial charge in [-0.3, -0.25) is 0 Å². The predicted octanol–water partition coefficient (Wildman–Crippen LogP) is 2.36. The standard InChI is InChI=1S/C19H27N3O3/c1-14-8-9-17(25-14)19(2,24)13-21-18(23)20-11-15-6-5-7-16(10-15)12-22(3)4/h5-10,24H,11-13H2,1-4H3,(H2,20,21,23). The number of urea groups is 1. The topological polar surface area (TPSA) is 77.7 Å². The normalized spacial score (nSPS) is 13.5. The number of hydrogen-bond acceptors (Lipinski definition) is 4. The molecule has 0 bridgehead atoms. The van der Waals surface area contributed by atoms with Crippen molar-refractivity contribution in [1.29, 1.82) is 0 Å². The van der Waals surface area contributed by atoms with E-state index in [9.17, 15) is 9.90 Å². The molecule has 2 rings (SSSR count). The highest BCUT2D eigenvalue weighted by Gasteiger charge is 2.27. The van der Waals surface area contributed by atoms with Crippen LogP contribution in [0.4, 0.5) is 4.79 Å². The van der Waals surface area contributed by atoms with Crippen LogP contribution in [0.25, 0.3) is 0 Å². The van der Waals surface area contributed by atoms with Gasteiger partial charge in [-0.25, -0.2) is 4.79 Å². The van der Waals surface area contributed by atoms with Crippen molar-refractivity contribution in [3.05, 3.63) is 59.0 Å². The van der Waals surface area contributed by atoms with E-state index in [1.807, 2.05) is 33.2 Å². The smallest absolute Gasteiger partial charge is 0.315 e. The number of carbonyl (C=O) groups excluding carboxylic acids is 1. The molecule has 0 saturated heterocycles. The molecule has 0 saturated carbocycles. The highest BCUT2D eigenvalue weighted by atomic mass is 16.4. The van der Waals surface area contributed by atoms with Gasteiger partial charge in [-0.2, -0.15) is 0 Å². The number of benzene rings is 1. The van der Waals surface area contributed by atoms with E-state index < -0.39 is 5.60 Å². The van der Waals surface area contributed by atoms with Crippen LogP contribution >= 0.6 is 0 Å². The second kappa shape index (κ2) is 8.18. The molecule has 6 nitrogen and oxygen atoms in total. The highest BCUT2D eigenvalue weighted by molar-refractivity contribution is 5.73. The van der Waals surface area contributed by atoms with Crippen molar-refractivity contribution in [1.82, 2.24) is 15.5 Å². The SMILES string of the molecule is Cc1ccc(C(C)(O)CNC(=O)NCc2cccc(CN(C)C)c2)o1. The minimum absolute atomic E-state index is 0.0620. The molecule has 0 aliphatic rings. The number of aliphatic hydroxyl groups is 1. The molecular weight excluding hydrogens is 318 g/mol. The Kier molecular flexibility index (Phi) is 6.22. The van der Waals surface area contributed by atoms with Crippen molar-refractivity contribution in [2.75, 3.05) is 20.6 Å². The molecule has 0 radical (unpaired) electrons. The van der Waals surface area contributed by atoms with Crippen LogP contribution in [0.3, 0.4) is 0 Å². The van der Waals surface area contributed by atoms with Gasteiger partial charge in [-0.05, 0) is 51.2 Å². The van der Waals surface area contributed by atoms with E-state index in [0.717, 1.165) is 17.9 Å². The first kappa shape index (κ1) is 19.0. The van der Waals surface area contributed by atoms with E-state index >= 15 is 0 Å². The zero-order valence-corrected chi connectivity index (χ0v) is 15.3. The number of furan rings is 1. The summed E-state index contributed by atoms with van der Waals surface area (Å²) in [5.41, 5.74) is 0.973. The summed E-state index contributed by atoms with van der Waals surface area (Å²) in [4.78, 5) is 14.1. The Balaban J connectivity index is 1.82. The lowest BCUT2D eigenvalue weighted by Crippen LogP contribution is -2.43. The minimum Gasteiger partial charge on any atom is -0.463 e. The molecule has 1 atom stereocenters. The first-order valence-corrected chi connectivity index (χ1v) is 8.30. The number of carbonyl (C=O) groups is 1. The van der Waals surface area contributed by atoms with Gasteiger partial charge in [0.1, 0.15) is 17.1 Å². The zero-order valence-electron chi connectivity index (χ0n) is 15.3. The summed E-state index contributed by atoms with van der Waals surface area (Å²) in [6, 6.07) is 11.3. The Hall–Kier alpha value is -2.31. The number of nitrogens with zero attached hydrogens (tertiary/aromatic N) is 1. The van der Waals surface area contributed by atoms with Gasteiger partial charge in [-0.1, -0.05) is 24.3 Å². The van der Waals surface area contributed by atoms with E-state index in [1.54, 1.807) is 19.1 Å². The fourth-order valence-corrected chi connectivity index (χ4v) is 2.51. The maximum atomic E-state index is 12.0. The van der Waals surface area contributed by atoms with Crippen molar-refractivity contribution in [2.45, 2.75) is 32.5 Å². The second-order valence-electron chi connectivity index (χ2n) is 6.78. The molecule has 1 aromatic carbocycles. The lowest BCUT2D eigenvalue weighted by molar-refractivity contribution is 0.0360. The summed E-state index contributed by atoms with van der Waals surface area (Å²) in [7, 11) is 4.04. The van der Waals surface area contributed by atoms with Crippen LogP contribution in [0.15, 0.2) is 40.8 Å². The molecule has 0 fully saturated rings. The summed E-state index contributed by atoms with van der Waals surface area (Å²) >= 11 is 0. The van der Waals surface area contributed by atoms with Crippen LogP contribution in [0, 0.1) is 6.92 Å². The average molecular weight is 345 g/mol. The molecule has 3 N–H and O–H groups in total. The minimum atomic E-state index is -1.25. The lowest BCUT2D eigenvalue weighted by atomic mass is 10.0. The van der Waals surface area contributed by atoms with Gasteiger partial charge >= 0.3 is 6.03 Å². The van der Waals surface area contributed by atoms with Gasteiger partial charge < -0.3 is 25.1 Å². The van der Waals surface area contributed by atoms with Crippen LogP contribution < -0.4 is 10.6 Å². The molecule has 1 aromatic heterocycles. The fraction of sp³-hybridized carbons (Fsp3) is 0.421. The third-order valence-electron chi connectivity index (χ3n) is 3.81. The summed E-state index contributed by atoms with van der Waals surface area (Å²) in [6.07, 6.45) is 0. The summed E-state index contributed by atoms with van der Waals surface area (Å²) < 4.78 is 5.43. The molecule has 2 aromatic rings. The molecule has 1 unspecified atom stereocenters. The summed E-state index contributed by atoms with van der Waals surface area (Å²) in [5, 5.41) is 15.9. The summed E-state index contributed by atoms with van der Waals surface area (Å²) in [5.74, 6) is 1.15. The van der Waals surface area contributed by atoms with E-state index in [1.165, 1.54) is 5.56 Å². The molecule has 2 amide bonds. The Morgan fingerprint density at radius 2 is 1.92 bits per heavy atom. The summed E-state index contributed by atoms with van der Waals surface area (Å²) in [6.45, 7) is 4.76. The third-order valence-corrected chi connectivity index (χ3v) is 3.81. The maximum absolute atomic E-state index is 12.0. The van der Waals surface area contributed by atoms with Gasteiger partial charge in [0.05, 0.1) is 6.54 Å². The van der Waals surface area contributed by atoms with Crippen molar-refractivity contribution in [3.8, 4) is 0 Å². The molecule has 1 heterocycles. The molecule has 6 heteroatoms. The maximum Gasteiger partial charge on any atom is 0.315 e. The van der Waals surface area contributed by atoms with Gasteiger partial charge in [-0.15, -0.1) is 0 Å². The van der Waals surface area contributed by atoms with Crippen LogP contribution in [0.2, 0.25) is 0 Å². The zero-order chi connectivity index (χ0) is 18.4. The van der Waals surface area contributed by atoms with Gasteiger partial charge in [0.2, 0.25) is 0 Å². The van der Waals surface area contributed by atoms with Crippen LogP contribution in [0.5, 0.6) is 0 Å². The number of amides is 2. The quantitative estimate of drug-likeness (QED) is 0.720. The fourth-order valence-electron chi connectivity index (χ4n) is 2.51. The van der Waals surface area contributed by atoms with Gasteiger partial charge in [0, 0.05) is 13.1 Å². The Morgan fingerprint density at radius 3 is 2.56 bits per heavy atom. The van der Waals surface area contributed by atoms with E-state index in [0.29, 0.717) is 12.3 Å². The van der Waals surface area contributed by atoms with Crippen molar-refractivity contribution >= 4 is 6.03 Å². The first-order chi connectivity index (χ1) is 11.8. The van der Waals surface area contributed by atoms with Crippen LogP contribution in [-0.4, -0.2) is 36.7 Å². The molecule has 136 valence electrons. The molecule has 0 aliphatic carbocycles. The average Bonchev–Trinajstić information content (AvgIpc) is 2.98. The number of nitrogens with one attached hydrogen (secondary N) is 2. The second-order valence-corrected chi connectivity index (χ2v) is 6.78. The Morgan fingerprint density at radius 1 is 1.20 bits per heavy atom. The van der Waals surface area contributed by atoms with E-state index in [4.69, 9.17) is 4.42 Å². The molecule has 0 aliphatic heterocycles. The van der Waals surface area contributed by atoms with Crippen LogP contribution in [0.1, 0.15) is 29.6 Å². The van der Waals surface area contributed by atoms with Gasteiger partial charge in [0.25, 0.3) is 0 Å². The number of hydrogen-bond donors (Lipinski definition) is 3. The van der Waals surface area contributed by atoms with Gasteiger partial charge in [0.15, 0.2) is 0 Å². The van der Waals surface area contributed by atoms with Crippen molar-refractivity contribution < 1.29 is 14.3 Å². The van der Waals surface area contributed by atoms with Crippen molar-refractivity contribution in [2.24, 2.45) is 0 Å². The highest BCUT2D eigenvalue weighted by Crippen LogP contribution is 2.21. The van der Waals surface area contributed by atoms with E-state index in [2.05, 4.69) is 27.7 Å². The first-order valence-electron chi connectivity index (χ1n) is 8.30. The van der Waals surface area contributed by atoms with Crippen molar-refractivity contribution in [3.63, 3.8) is 0 Å². The number of aryl methyl sites for hydroxylation is 1. The predicted molar refractivity (Wildman–Crippen MR) is 97.1 cm³/mol. The Labute approximate surface area is 148 Å². The largest absolute Gasteiger partial charge is 0.463 e. The van der Waals surface area contributed by atoms with E-state index in [-0.39, 0.29) is 12.6 Å². The molecule has 25 heavy (non-hydrogen) atoms. The third kappa shape index (κ3) is 5.92. The number of rotatable bonds is 7. The molecular formula is C19H27N3O3. The monoisotopic (exact) mass is 345 g/mol. The lowest BCUT2D eigenvalue weighted by Gasteiger charge is -2.21.